The molecule has 0 radical (unpaired) electrons. The lowest BCUT2D eigenvalue weighted by Crippen LogP contribution is -2.17. The van der Waals surface area contributed by atoms with Gasteiger partial charge in [0.2, 0.25) is 0 Å². The van der Waals surface area contributed by atoms with Gasteiger partial charge in [0.05, 0.1) is 24.2 Å². The van der Waals surface area contributed by atoms with E-state index in [9.17, 15) is 9.59 Å². The van der Waals surface area contributed by atoms with Gasteiger partial charge in [-0.3, -0.25) is 9.59 Å². The zero-order chi connectivity index (χ0) is 17.2. The maximum atomic E-state index is 12.0. The lowest BCUT2D eigenvalue weighted by atomic mass is 10.3. The van der Waals surface area contributed by atoms with Gasteiger partial charge in [-0.25, -0.2) is 9.97 Å². The van der Waals surface area contributed by atoms with E-state index in [2.05, 4.69) is 9.97 Å². The molecule has 25 heavy (non-hydrogen) atoms. The monoisotopic (exact) mass is 334 g/mol. The van der Waals surface area contributed by atoms with Crippen LogP contribution < -0.4 is 0 Å². The lowest BCUT2D eigenvalue weighted by molar-refractivity contribution is -0.158. The Labute approximate surface area is 142 Å². The van der Waals surface area contributed by atoms with Crippen LogP contribution in [0.15, 0.2) is 61.2 Å². The predicted molar refractivity (Wildman–Crippen MR) is 88.9 cm³/mol. The van der Waals surface area contributed by atoms with Crippen LogP contribution in [-0.2, 0) is 27.2 Å². The van der Waals surface area contributed by atoms with Crippen molar-refractivity contribution in [1.82, 2.24) is 18.8 Å². The molecule has 0 unspecified atom stereocenters. The zero-order valence-corrected chi connectivity index (χ0v) is 13.2. The van der Waals surface area contributed by atoms with Crippen molar-refractivity contribution < 1.29 is 14.3 Å². The smallest absolute Gasteiger partial charge is 0.319 e. The molecular weight excluding hydrogens is 320 g/mol. The van der Waals surface area contributed by atoms with E-state index in [1.165, 1.54) is 0 Å². The summed E-state index contributed by atoms with van der Waals surface area (Å²) in [4.78, 5) is 32.5. The molecular formula is C18H14N4O3. The topological polar surface area (TPSA) is 78.0 Å². The number of pyridine rings is 2. The summed E-state index contributed by atoms with van der Waals surface area (Å²) in [6.07, 6.45) is 6.78. The van der Waals surface area contributed by atoms with Gasteiger partial charge in [0, 0.05) is 24.8 Å². The number of rotatable bonds is 4. The van der Waals surface area contributed by atoms with Crippen LogP contribution in [0.5, 0.6) is 0 Å². The van der Waals surface area contributed by atoms with Crippen molar-refractivity contribution in [3.8, 4) is 0 Å². The quantitative estimate of drug-likeness (QED) is 0.420. The third-order valence-electron chi connectivity index (χ3n) is 3.87. The van der Waals surface area contributed by atoms with Crippen LogP contribution in [0, 0.1) is 0 Å². The number of carbonyl (C=O) groups is 2. The second-order valence-corrected chi connectivity index (χ2v) is 5.56. The summed E-state index contributed by atoms with van der Waals surface area (Å²) in [7, 11) is 0. The first kappa shape index (κ1) is 15.1. The van der Waals surface area contributed by atoms with Crippen LogP contribution in [0.3, 0.4) is 0 Å². The number of nitrogens with zero attached hydrogens (tertiary/aromatic N) is 4. The fraction of sp³-hybridized carbons (Fsp3) is 0.111. The fourth-order valence-electron chi connectivity index (χ4n) is 2.73. The Balaban J connectivity index is 1.43. The molecule has 0 spiro atoms. The summed E-state index contributed by atoms with van der Waals surface area (Å²) in [6.45, 7) is 0. The molecule has 0 aliphatic heterocycles. The summed E-state index contributed by atoms with van der Waals surface area (Å²) in [5, 5.41) is 0. The molecule has 0 bridgehead atoms. The number of esters is 2. The Bertz CT molecular complexity index is 994. The summed E-state index contributed by atoms with van der Waals surface area (Å²) in [6, 6.07) is 11.1. The van der Waals surface area contributed by atoms with E-state index in [0.717, 1.165) is 11.3 Å². The predicted octanol–water partition coefficient (Wildman–Crippen LogP) is 1.84. The highest BCUT2D eigenvalue weighted by Crippen LogP contribution is 2.09. The van der Waals surface area contributed by atoms with Crippen LogP contribution in [0.4, 0.5) is 0 Å². The van der Waals surface area contributed by atoms with E-state index < -0.39 is 11.9 Å². The molecule has 0 fully saturated rings. The maximum absolute atomic E-state index is 12.0. The zero-order valence-electron chi connectivity index (χ0n) is 13.2. The summed E-state index contributed by atoms with van der Waals surface area (Å²) >= 11 is 0. The van der Waals surface area contributed by atoms with E-state index in [1.54, 1.807) is 21.2 Å². The lowest BCUT2D eigenvalue weighted by Gasteiger charge is -2.04. The minimum atomic E-state index is -0.607. The molecule has 124 valence electrons. The third-order valence-corrected chi connectivity index (χ3v) is 3.87. The van der Waals surface area contributed by atoms with Gasteiger partial charge >= 0.3 is 11.9 Å². The highest BCUT2D eigenvalue weighted by atomic mass is 16.6. The molecule has 0 aliphatic rings. The fourth-order valence-corrected chi connectivity index (χ4v) is 2.73. The van der Waals surface area contributed by atoms with Crippen molar-refractivity contribution in [3.63, 3.8) is 0 Å². The van der Waals surface area contributed by atoms with Crippen LogP contribution >= 0.6 is 0 Å². The summed E-state index contributed by atoms with van der Waals surface area (Å²) in [5.41, 5.74) is 2.82. The molecule has 7 heteroatoms. The van der Waals surface area contributed by atoms with Crippen LogP contribution in [0.2, 0.25) is 0 Å². The van der Waals surface area contributed by atoms with Gasteiger partial charge in [-0.1, -0.05) is 12.1 Å². The number of fused-ring (bicyclic) bond motifs is 2. The van der Waals surface area contributed by atoms with Crippen LogP contribution in [0.1, 0.15) is 11.4 Å². The molecule has 4 heterocycles. The average Bonchev–Trinajstić information content (AvgIpc) is 3.20. The molecule has 0 saturated heterocycles. The van der Waals surface area contributed by atoms with E-state index >= 15 is 0 Å². The Hall–Kier alpha value is -3.48. The van der Waals surface area contributed by atoms with Crippen molar-refractivity contribution in [2.75, 3.05) is 0 Å². The summed E-state index contributed by atoms with van der Waals surface area (Å²) < 4.78 is 8.51. The normalized spacial score (nSPS) is 11.0. The van der Waals surface area contributed by atoms with Gasteiger partial charge in [0.15, 0.2) is 0 Å². The first-order chi connectivity index (χ1) is 12.2. The first-order valence-electron chi connectivity index (χ1n) is 7.76. The Morgan fingerprint density at radius 3 is 1.76 bits per heavy atom. The van der Waals surface area contributed by atoms with Crippen molar-refractivity contribution in [2.45, 2.75) is 12.8 Å². The highest BCUT2D eigenvalue weighted by Gasteiger charge is 2.16. The van der Waals surface area contributed by atoms with Crippen molar-refractivity contribution >= 4 is 23.2 Å². The number of aromatic nitrogens is 4. The summed E-state index contributed by atoms with van der Waals surface area (Å²) in [5.74, 6) is -1.21. The molecule has 4 aromatic rings. The number of hydrogen-bond donors (Lipinski definition) is 0. The average molecular weight is 334 g/mol. The molecule has 4 rings (SSSR count). The largest absolute Gasteiger partial charge is 0.393 e. The number of carbonyl (C=O) groups excluding carboxylic acids is 2. The molecule has 0 atom stereocenters. The molecule has 0 aliphatic carbocycles. The van der Waals surface area contributed by atoms with Gasteiger partial charge in [0.25, 0.3) is 0 Å². The van der Waals surface area contributed by atoms with Crippen LogP contribution in [-0.4, -0.2) is 30.7 Å². The Kier molecular flexibility index (Phi) is 3.74. The van der Waals surface area contributed by atoms with Gasteiger partial charge < -0.3 is 13.5 Å². The van der Waals surface area contributed by atoms with E-state index in [4.69, 9.17) is 4.74 Å². The standard InChI is InChI=1S/C18H14N4O3/c23-17(9-13-11-19-15-5-1-3-7-21(13)15)25-18(24)10-14-12-20-16-6-2-4-8-22(14)16/h1-8,11-12H,9-10H2. The van der Waals surface area contributed by atoms with Gasteiger partial charge in [-0.15, -0.1) is 0 Å². The van der Waals surface area contributed by atoms with E-state index in [-0.39, 0.29) is 12.8 Å². The van der Waals surface area contributed by atoms with Gasteiger partial charge in [0.1, 0.15) is 11.3 Å². The second kappa shape index (κ2) is 6.20. The van der Waals surface area contributed by atoms with E-state index in [0.29, 0.717) is 11.4 Å². The number of hydrogen-bond acceptors (Lipinski definition) is 5. The van der Waals surface area contributed by atoms with Crippen molar-refractivity contribution in [2.24, 2.45) is 0 Å². The molecule has 7 nitrogen and oxygen atoms in total. The van der Waals surface area contributed by atoms with Crippen molar-refractivity contribution in [1.29, 1.82) is 0 Å². The van der Waals surface area contributed by atoms with Gasteiger partial charge in [-0.05, 0) is 24.3 Å². The molecule has 0 N–H and O–H groups in total. The Morgan fingerprint density at radius 2 is 1.28 bits per heavy atom. The Morgan fingerprint density at radius 1 is 0.800 bits per heavy atom. The number of imidazole rings is 2. The SMILES string of the molecule is O=C(Cc1cnc2ccccn12)OC(=O)Cc1cnc2ccccn12. The third kappa shape index (κ3) is 2.99. The van der Waals surface area contributed by atoms with Crippen LogP contribution in [0.25, 0.3) is 11.3 Å². The first-order valence-corrected chi connectivity index (χ1v) is 7.76. The minimum absolute atomic E-state index is 0.0237. The minimum Gasteiger partial charge on any atom is -0.393 e. The maximum Gasteiger partial charge on any atom is 0.319 e. The van der Waals surface area contributed by atoms with Gasteiger partial charge in [-0.2, -0.15) is 0 Å². The van der Waals surface area contributed by atoms with E-state index in [1.807, 2.05) is 48.8 Å². The highest BCUT2D eigenvalue weighted by molar-refractivity contribution is 5.87. The number of ether oxygens (including phenoxy) is 1. The molecule has 0 aromatic carbocycles. The molecule has 0 amide bonds. The van der Waals surface area contributed by atoms with Crippen molar-refractivity contribution in [3.05, 3.63) is 72.6 Å². The molecule has 0 saturated carbocycles. The molecule has 4 aromatic heterocycles. The second-order valence-electron chi connectivity index (χ2n) is 5.56.